The molecule has 0 spiro atoms. The Morgan fingerprint density at radius 1 is 0.593 bits per heavy atom. The van der Waals surface area contributed by atoms with E-state index in [2.05, 4.69) is 25.6 Å². The van der Waals surface area contributed by atoms with Gasteiger partial charge in [-0.3, -0.25) is 33.5 Å². The second kappa shape index (κ2) is 29.7. The summed E-state index contributed by atoms with van der Waals surface area (Å²) in [5.74, 6) is 12.1. The van der Waals surface area contributed by atoms with Gasteiger partial charge in [0.05, 0.1) is 17.8 Å². The van der Waals surface area contributed by atoms with E-state index in [0.717, 1.165) is 25.7 Å². The van der Waals surface area contributed by atoms with Crippen LogP contribution in [0.1, 0.15) is 159 Å². The van der Waals surface area contributed by atoms with Crippen LogP contribution in [0.25, 0.3) is 22.5 Å². The number of aromatic amines is 1. The van der Waals surface area contributed by atoms with Gasteiger partial charge in [0.25, 0.3) is 19.2 Å². The number of pyridine rings is 2. The highest BCUT2D eigenvalue weighted by Gasteiger charge is 2.37. The van der Waals surface area contributed by atoms with Crippen LogP contribution in [-0.2, 0) is 18.7 Å². The monoisotopic (exact) mass is 1290 g/mol. The van der Waals surface area contributed by atoms with Gasteiger partial charge in [-0.15, -0.1) is 0 Å². The van der Waals surface area contributed by atoms with Gasteiger partial charge in [-0.2, -0.15) is 0 Å². The Balaban J connectivity index is 0.000000190. The summed E-state index contributed by atoms with van der Waals surface area (Å²) in [5.41, 5.74) is 2.24. The van der Waals surface area contributed by atoms with Gasteiger partial charge in [-0.25, -0.2) is 44.7 Å². The molecular weight excluding hydrogens is 1220 g/mol. The first-order valence-corrected chi connectivity index (χ1v) is 31.8. The highest BCUT2D eigenvalue weighted by atomic mass is 35.5. The van der Waals surface area contributed by atoms with Gasteiger partial charge in [0.2, 0.25) is 0 Å². The number of ketones is 2. The maximum Gasteiger partial charge on any atom is 0.410 e. The number of H-pyrrole nitrogens is 1. The molecule has 2 aliphatic rings. The molecule has 8 aromatic rings. The quantitative estimate of drug-likeness (QED) is 0.0310. The molecule has 91 heavy (non-hydrogen) atoms. The maximum absolute atomic E-state index is 13.0. The molecule has 0 bridgehead atoms. The number of amides is 4. The van der Waals surface area contributed by atoms with Crippen molar-refractivity contribution in [3.05, 3.63) is 190 Å². The van der Waals surface area contributed by atoms with Crippen LogP contribution in [0.3, 0.4) is 0 Å². The van der Waals surface area contributed by atoms with Crippen molar-refractivity contribution in [1.29, 1.82) is 0 Å². The van der Waals surface area contributed by atoms with Crippen molar-refractivity contribution >= 4 is 88.4 Å². The van der Waals surface area contributed by atoms with Crippen molar-refractivity contribution in [2.24, 2.45) is 5.90 Å². The fourth-order valence-corrected chi connectivity index (χ4v) is 12.1. The number of ether oxygens (including phenoxy) is 2. The summed E-state index contributed by atoms with van der Waals surface area (Å²) in [6, 6.07) is 37.0. The number of nitrogens with two attached hydrogens (primary N) is 2. The number of hydrogen-bond acceptors (Lipinski definition) is 16. The van der Waals surface area contributed by atoms with Crippen LogP contribution in [0.5, 0.6) is 0 Å². The Morgan fingerprint density at radius 3 is 1.45 bits per heavy atom. The molecule has 25 heteroatoms. The number of piperidine rings is 2. The van der Waals surface area contributed by atoms with Gasteiger partial charge in [-0.1, -0.05) is 83.9 Å². The number of halogens is 2. The molecule has 0 unspecified atom stereocenters. The molecule has 4 amide bonds. The van der Waals surface area contributed by atoms with Crippen LogP contribution in [-0.4, -0.2) is 99.3 Å². The van der Waals surface area contributed by atoms with Crippen molar-refractivity contribution in [3.63, 3.8) is 0 Å². The number of benzene rings is 4. The number of nitrogens with zero attached hydrogens (tertiary/aromatic N) is 7. The summed E-state index contributed by atoms with van der Waals surface area (Å²) in [4.78, 5) is 100. The number of carbonyl (C=O) groups is 6. The van der Waals surface area contributed by atoms with E-state index in [1.807, 2.05) is 77.9 Å². The number of likely N-dealkylation sites (tertiary alicyclic amines) is 2. The molecular formula is C66H73Cl2N12O10P. The molecule has 6 heterocycles. The number of imidazole rings is 2. The van der Waals surface area contributed by atoms with Gasteiger partial charge in [0.15, 0.2) is 17.4 Å². The number of nitrogens with one attached hydrogen (secondary N) is 3. The number of carbonyl (C=O) groups excluding carboxylic acids is 6. The van der Waals surface area contributed by atoms with Crippen LogP contribution in [0.2, 0.25) is 10.0 Å². The van der Waals surface area contributed by atoms with Gasteiger partial charge in [0, 0.05) is 82.2 Å². The highest BCUT2D eigenvalue weighted by Crippen LogP contribution is 2.42. The van der Waals surface area contributed by atoms with E-state index in [4.69, 9.17) is 59.0 Å². The first-order chi connectivity index (χ1) is 43.2. The Labute approximate surface area is 537 Å². The Morgan fingerprint density at radius 2 is 1.03 bits per heavy atom. The SMILES string of the molecule is CC(=O)c1[nH]c([C@@H]2CCCCN2C(=O)OC(C)(C)C)nc1-c1ccc(C(=O)Nc2cc(Cl)ccn2)cc1.CC(=O)c1c(-c2ccc(C(=O)Nc3cc(Cl)ccn3)cc2)nc([C@@H]2CCCCN2C(=O)OC(C)(C)C)n1N.NOP(=O)(c1ccccc1)c1ccccc1. The van der Waals surface area contributed by atoms with Crippen LogP contribution >= 0.6 is 30.6 Å². The predicted octanol–water partition coefficient (Wildman–Crippen LogP) is 13.1. The molecule has 2 aliphatic heterocycles. The smallest absolute Gasteiger partial charge is 0.410 e. The second-order valence-electron chi connectivity index (χ2n) is 23.5. The minimum atomic E-state index is -3.13. The van der Waals surface area contributed by atoms with Crippen LogP contribution in [0, 0.1) is 0 Å². The lowest BCUT2D eigenvalue weighted by Gasteiger charge is -2.36. The molecule has 2 saturated heterocycles. The minimum absolute atomic E-state index is 0.178. The van der Waals surface area contributed by atoms with Gasteiger partial charge >= 0.3 is 12.2 Å². The summed E-state index contributed by atoms with van der Waals surface area (Å²) in [6.45, 7) is 14.9. The molecule has 0 saturated carbocycles. The Kier molecular flexibility index (Phi) is 22.2. The Bertz CT molecular complexity index is 3910. The molecule has 2 atom stereocenters. The number of hydrogen-bond donors (Lipinski definition) is 5. The van der Waals surface area contributed by atoms with Crippen LogP contribution in [0.15, 0.2) is 146 Å². The average molecular weight is 1300 g/mol. The fraction of sp³-hybridized carbons (Fsp3) is 0.303. The Hall–Kier alpha value is -9.05. The number of rotatable bonds is 13. The van der Waals surface area contributed by atoms with E-state index < -0.39 is 36.8 Å². The lowest BCUT2D eigenvalue weighted by Crippen LogP contribution is -2.43. The average Bonchev–Trinajstić information content (AvgIpc) is 1.77. The summed E-state index contributed by atoms with van der Waals surface area (Å²) in [7, 11) is -3.13. The third-order valence-electron chi connectivity index (χ3n) is 14.3. The number of Topliss-reactive ketones (excluding diaryl/α,β-unsaturated/α-hetero) is 2. The first kappa shape index (κ1) is 67.9. The lowest BCUT2D eigenvalue weighted by molar-refractivity contribution is 0.00739. The zero-order chi connectivity index (χ0) is 65.8. The van der Waals surface area contributed by atoms with E-state index in [1.54, 1.807) is 107 Å². The largest absolute Gasteiger partial charge is 0.444 e. The minimum Gasteiger partial charge on any atom is -0.444 e. The van der Waals surface area contributed by atoms with Crippen molar-refractivity contribution in [2.45, 2.75) is 117 Å². The fourth-order valence-electron chi connectivity index (χ4n) is 10.1. The van der Waals surface area contributed by atoms with Crippen molar-refractivity contribution in [1.82, 2.24) is 39.4 Å². The molecule has 22 nitrogen and oxygen atoms in total. The standard InChI is InChI=1S/C27H31ClN6O4.C27H30ClN5O4.C12H12NO2P/c1-16(35)23-22(17-8-10-18(11-9-17)25(36)31-21-15-19(28)12-13-30-21)32-24(34(23)29)20-7-5-6-14-33(20)26(37)38-27(2,3)4;1-16(34)22-23(17-8-10-18(11-9-17)25(35)30-21-15-19(28)12-13-29-21)32-24(31-22)20-7-5-6-14-33(20)26(36)37-27(2,3)4;13-15-16(14,11-7-3-1-4-8-11)12-9-5-2-6-10-12/h8-13,15,20H,5-7,14,29H2,1-4H3,(H,30,31,36);8-13,15,20H,5-7,14H2,1-4H3,(H,31,32)(H,29,30,35);1-10H,13H2/t2*20-;/m00./s1. The molecule has 2 fully saturated rings. The van der Waals surface area contributed by atoms with Gasteiger partial charge < -0.3 is 30.9 Å². The summed E-state index contributed by atoms with van der Waals surface area (Å²) in [6.07, 6.45) is 7.04. The van der Waals surface area contributed by atoms with E-state index in [9.17, 15) is 33.3 Å². The summed E-state index contributed by atoms with van der Waals surface area (Å²) >= 11 is 11.9. The van der Waals surface area contributed by atoms with Crippen molar-refractivity contribution in [3.8, 4) is 22.5 Å². The zero-order valence-corrected chi connectivity index (χ0v) is 54.1. The summed E-state index contributed by atoms with van der Waals surface area (Å²) in [5, 5.41) is 7.53. The molecule has 0 radical (unpaired) electrons. The topological polar surface area (TPSA) is 302 Å². The summed E-state index contributed by atoms with van der Waals surface area (Å²) < 4.78 is 29.9. The third kappa shape index (κ3) is 17.5. The number of anilines is 2. The van der Waals surface area contributed by atoms with Crippen molar-refractivity contribution < 1.29 is 47.4 Å². The lowest BCUT2D eigenvalue weighted by atomic mass is 10.0. The van der Waals surface area contributed by atoms with E-state index >= 15 is 0 Å². The number of nitrogen functional groups attached to an aromatic ring is 1. The predicted molar refractivity (Wildman–Crippen MR) is 350 cm³/mol. The third-order valence-corrected chi connectivity index (χ3v) is 17.1. The van der Waals surface area contributed by atoms with E-state index in [0.29, 0.717) is 109 Å². The maximum atomic E-state index is 13.0. The zero-order valence-electron chi connectivity index (χ0n) is 51.7. The molecule has 476 valence electrons. The molecule has 0 aliphatic carbocycles. The molecule has 4 aromatic carbocycles. The number of aromatic nitrogens is 6. The van der Waals surface area contributed by atoms with Crippen LogP contribution in [0.4, 0.5) is 21.2 Å². The van der Waals surface area contributed by atoms with E-state index in [-0.39, 0.29) is 35.1 Å². The first-order valence-electron chi connectivity index (χ1n) is 29.4. The van der Waals surface area contributed by atoms with Gasteiger partial charge in [-0.05, 0) is 153 Å². The highest BCUT2D eigenvalue weighted by molar-refractivity contribution is 7.74. The molecule has 7 N–H and O–H groups in total. The van der Waals surface area contributed by atoms with E-state index in [1.165, 1.54) is 30.9 Å². The second-order valence-corrected chi connectivity index (χ2v) is 26.7. The van der Waals surface area contributed by atoms with Crippen LogP contribution < -0.4 is 33.0 Å². The molecule has 10 rings (SSSR count). The molecule has 4 aromatic heterocycles. The van der Waals surface area contributed by atoms with Crippen molar-refractivity contribution in [2.75, 3.05) is 29.6 Å². The normalized spacial score (nSPS) is 15.0. The van der Waals surface area contributed by atoms with Gasteiger partial charge in [0.1, 0.15) is 45.7 Å².